The summed E-state index contributed by atoms with van der Waals surface area (Å²) in [6.07, 6.45) is 2.25. The topological polar surface area (TPSA) is 102 Å². The first-order chi connectivity index (χ1) is 11.3. The molecule has 10 heteroatoms. The normalized spacial score (nSPS) is 12.5. The molecule has 1 aromatic carbocycles. The minimum atomic E-state index is -3.93. The Morgan fingerprint density at radius 1 is 1.33 bits per heavy atom. The third-order valence-corrected chi connectivity index (χ3v) is 5.53. The van der Waals surface area contributed by atoms with Crippen LogP contribution in [-0.2, 0) is 24.3 Å². The van der Waals surface area contributed by atoms with Crippen molar-refractivity contribution in [2.24, 2.45) is 0 Å². The van der Waals surface area contributed by atoms with Crippen LogP contribution >= 0.6 is 23.4 Å². The zero-order valence-corrected chi connectivity index (χ0v) is 15.6. The molecule has 0 fully saturated rings. The van der Waals surface area contributed by atoms with Gasteiger partial charge in [-0.05, 0) is 30.6 Å². The Morgan fingerprint density at radius 2 is 2.00 bits per heavy atom. The summed E-state index contributed by atoms with van der Waals surface area (Å²) in [5.74, 6) is -0.570. The predicted molar refractivity (Wildman–Crippen MR) is 93.6 cm³/mol. The number of rotatable bonds is 9. The highest BCUT2D eigenvalue weighted by Crippen LogP contribution is 2.19. The van der Waals surface area contributed by atoms with Gasteiger partial charge in [0.05, 0.1) is 18.7 Å². The summed E-state index contributed by atoms with van der Waals surface area (Å²) < 4.78 is 31.0. The summed E-state index contributed by atoms with van der Waals surface area (Å²) >= 11 is 7.36. The van der Waals surface area contributed by atoms with Crippen LogP contribution in [0.2, 0.25) is 5.02 Å². The Balaban J connectivity index is 2.67. The number of methoxy groups -OCH3 is 1. The average molecular weight is 395 g/mol. The first kappa shape index (κ1) is 20.8. The van der Waals surface area contributed by atoms with Crippen molar-refractivity contribution in [3.8, 4) is 0 Å². The van der Waals surface area contributed by atoms with E-state index in [-0.39, 0.29) is 9.92 Å². The van der Waals surface area contributed by atoms with E-state index in [2.05, 4.69) is 14.8 Å². The van der Waals surface area contributed by atoms with Crippen molar-refractivity contribution in [3.05, 3.63) is 29.3 Å². The molecule has 1 aromatic rings. The van der Waals surface area contributed by atoms with E-state index in [1.165, 1.54) is 37.1 Å². The van der Waals surface area contributed by atoms with Crippen molar-refractivity contribution < 1.29 is 22.7 Å². The number of hydrogen-bond donors (Lipinski definition) is 2. The number of sulfonamides is 1. The number of carbonyl (C=O) groups is 2. The molecule has 1 amide bonds. The lowest BCUT2D eigenvalue weighted by Crippen LogP contribution is -2.46. The summed E-state index contributed by atoms with van der Waals surface area (Å²) in [5.41, 5.74) is 0. The molecule has 24 heavy (non-hydrogen) atoms. The Morgan fingerprint density at radius 3 is 2.58 bits per heavy atom. The van der Waals surface area contributed by atoms with Gasteiger partial charge in [-0.25, -0.2) is 17.9 Å². The van der Waals surface area contributed by atoms with Crippen molar-refractivity contribution in [2.45, 2.75) is 17.4 Å². The fraction of sp³-hybridized carbons (Fsp3) is 0.429. The Labute approximate surface area is 150 Å². The molecular weight excluding hydrogens is 376 g/mol. The molecule has 0 aromatic heterocycles. The van der Waals surface area contributed by atoms with Crippen LogP contribution in [0.3, 0.4) is 0 Å². The molecule has 0 saturated carbocycles. The number of esters is 1. The average Bonchev–Trinajstić information content (AvgIpc) is 2.56. The number of ether oxygens (including phenoxy) is 1. The Hall–Kier alpha value is -1.29. The molecule has 1 rings (SSSR count). The number of halogens is 1. The zero-order chi connectivity index (χ0) is 18.2. The molecule has 0 spiro atoms. The fourth-order valence-electron chi connectivity index (χ4n) is 1.77. The predicted octanol–water partition coefficient (Wildman–Crippen LogP) is 1.03. The molecule has 2 N–H and O–H groups in total. The molecule has 0 unspecified atom stereocenters. The van der Waals surface area contributed by atoms with Gasteiger partial charge < -0.3 is 10.1 Å². The van der Waals surface area contributed by atoms with Gasteiger partial charge in [-0.3, -0.25) is 4.79 Å². The van der Waals surface area contributed by atoms with Gasteiger partial charge in [0.25, 0.3) is 0 Å². The van der Waals surface area contributed by atoms with Crippen molar-refractivity contribution in [2.75, 3.05) is 25.7 Å². The van der Waals surface area contributed by atoms with E-state index in [9.17, 15) is 18.0 Å². The first-order valence-electron chi connectivity index (χ1n) is 6.92. The van der Waals surface area contributed by atoms with Crippen LogP contribution in [0.4, 0.5) is 0 Å². The fourth-order valence-corrected chi connectivity index (χ4v) is 3.74. The van der Waals surface area contributed by atoms with Crippen LogP contribution in [-0.4, -0.2) is 52.0 Å². The van der Waals surface area contributed by atoms with E-state index in [4.69, 9.17) is 11.6 Å². The highest BCUT2D eigenvalue weighted by Gasteiger charge is 2.23. The number of hydrogen-bond acceptors (Lipinski definition) is 6. The van der Waals surface area contributed by atoms with Crippen molar-refractivity contribution >= 4 is 45.3 Å². The van der Waals surface area contributed by atoms with Crippen molar-refractivity contribution in [3.63, 3.8) is 0 Å². The minimum Gasteiger partial charge on any atom is -0.467 e. The molecule has 7 nitrogen and oxygen atoms in total. The lowest BCUT2D eigenvalue weighted by Gasteiger charge is -2.16. The zero-order valence-electron chi connectivity index (χ0n) is 13.2. The third-order valence-electron chi connectivity index (χ3n) is 2.98. The Kier molecular flexibility index (Phi) is 8.54. The molecule has 0 aliphatic carbocycles. The smallest absolute Gasteiger partial charge is 0.328 e. The van der Waals surface area contributed by atoms with Gasteiger partial charge in [-0.15, -0.1) is 0 Å². The summed E-state index contributed by atoms with van der Waals surface area (Å²) in [4.78, 5) is 23.4. The molecule has 0 radical (unpaired) electrons. The maximum atomic E-state index is 12.1. The molecule has 0 bridgehead atoms. The number of carbonyl (C=O) groups excluding carboxylic acids is 2. The number of benzene rings is 1. The van der Waals surface area contributed by atoms with Crippen LogP contribution in [0.5, 0.6) is 0 Å². The third kappa shape index (κ3) is 6.31. The molecule has 0 saturated heterocycles. The minimum absolute atomic E-state index is 0.0535. The summed E-state index contributed by atoms with van der Waals surface area (Å²) in [6.45, 7) is -0.514. The van der Waals surface area contributed by atoms with E-state index in [1.807, 2.05) is 6.26 Å². The van der Waals surface area contributed by atoms with Crippen molar-refractivity contribution in [1.29, 1.82) is 0 Å². The SMILES string of the molecule is COC(=O)[C@@H](CCSC)NC(=O)CNS(=O)(=O)c1ccccc1Cl. The molecule has 1 atom stereocenters. The quantitative estimate of drug-likeness (QED) is 0.606. The molecule has 0 aliphatic rings. The molecule has 0 heterocycles. The van der Waals surface area contributed by atoms with Gasteiger partial charge in [0.15, 0.2) is 0 Å². The van der Waals surface area contributed by atoms with Crippen LogP contribution < -0.4 is 10.0 Å². The van der Waals surface area contributed by atoms with Crippen LogP contribution in [0.15, 0.2) is 29.2 Å². The second-order valence-electron chi connectivity index (χ2n) is 4.68. The molecule has 0 aliphatic heterocycles. The standard InChI is InChI=1S/C14H19ClN2O5S2/c1-22-14(19)11(7-8-23-2)17-13(18)9-16-24(20,21)12-6-4-3-5-10(12)15/h3-6,11,16H,7-9H2,1-2H3,(H,17,18)/t11-/m1/s1. The second kappa shape index (κ2) is 9.87. The van der Waals surface area contributed by atoms with E-state index in [0.717, 1.165) is 0 Å². The largest absolute Gasteiger partial charge is 0.467 e. The van der Waals surface area contributed by atoms with Gasteiger partial charge >= 0.3 is 5.97 Å². The number of nitrogens with one attached hydrogen (secondary N) is 2. The summed E-state index contributed by atoms with van der Waals surface area (Å²) in [6, 6.07) is 5.07. The van der Waals surface area contributed by atoms with Crippen LogP contribution in [0, 0.1) is 0 Å². The highest BCUT2D eigenvalue weighted by atomic mass is 35.5. The van der Waals surface area contributed by atoms with Gasteiger partial charge in [0.2, 0.25) is 15.9 Å². The molecule has 134 valence electrons. The van der Waals surface area contributed by atoms with E-state index in [1.54, 1.807) is 6.07 Å². The van der Waals surface area contributed by atoms with E-state index >= 15 is 0 Å². The lowest BCUT2D eigenvalue weighted by molar-refractivity contribution is -0.145. The summed E-state index contributed by atoms with van der Waals surface area (Å²) in [7, 11) is -2.70. The molecular formula is C14H19ClN2O5S2. The number of thioether (sulfide) groups is 1. The Bertz CT molecular complexity index is 681. The number of amides is 1. The van der Waals surface area contributed by atoms with Crippen LogP contribution in [0.1, 0.15) is 6.42 Å². The maximum absolute atomic E-state index is 12.1. The van der Waals surface area contributed by atoms with E-state index < -0.39 is 34.5 Å². The van der Waals surface area contributed by atoms with Crippen molar-refractivity contribution in [1.82, 2.24) is 10.0 Å². The maximum Gasteiger partial charge on any atom is 0.328 e. The van der Waals surface area contributed by atoms with Gasteiger partial charge in [-0.2, -0.15) is 11.8 Å². The first-order valence-corrected chi connectivity index (χ1v) is 10.2. The van der Waals surface area contributed by atoms with Gasteiger partial charge in [0, 0.05) is 0 Å². The van der Waals surface area contributed by atoms with E-state index in [0.29, 0.717) is 12.2 Å². The summed E-state index contributed by atoms with van der Waals surface area (Å²) in [5, 5.41) is 2.51. The monoisotopic (exact) mass is 394 g/mol. The second-order valence-corrected chi connectivity index (χ2v) is 7.81. The van der Waals surface area contributed by atoms with Gasteiger partial charge in [-0.1, -0.05) is 23.7 Å². The highest BCUT2D eigenvalue weighted by molar-refractivity contribution is 7.98. The van der Waals surface area contributed by atoms with Gasteiger partial charge in [0.1, 0.15) is 10.9 Å². The lowest BCUT2D eigenvalue weighted by atomic mass is 10.2. The van der Waals surface area contributed by atoms with Crippen LogP contribution in [0.25, 0.3) is 0 Å².